The average Bonchev–Trinajstić information content (AvgIpc) is 1.86. The molecule has 0 radical (unpaired) electrons. The minimum Gasteiger partial charge on any atom is -0.180 e. The summed E-state index contributed by atoms with van der Waals surface area (Å²) in [5.41, 5.74) is 0. The fourth-order valence-corrected chi connectivity index (χ4v) is 0.604. The Morgan fingerprint density at radius 2 is 2.00 bits per heavy atom. The zero-order valence-electron chi connectivity index (χ0n) is 6.26. The van der Waals surface area contributed by atoms with Crippen molar-refractivity contribution in [2.45, 2.75) is 13.8 Å². The van der Waals surface area contributed by atoms with Gasteiger partial charge in [-0.1, -0.05) is 19.9 Å². The van der Waals surface area contributed by atoms with Gasteiger partial charge in [0.1, 0.15) is 0 Å². The highest BCUT2D eigenvalue weighted by atomic mass is 32.2. The Balaban J connectivity index is 0. The molecule has 0 fully saturated rings. The molecular formula is C7H16S2. The quantitative estimate of drug-likeness (QED) is 0.380. The van der Waals surface area contributed by atoms with E-state index in [1.165, 1.54) is 5.75 Å². The van der Waals surface area contributed by atoms with Gasteiger partial charge in [-0.3, -0.25) is 0 Å². The second kappa shape index (κ2) is 15.8. The second-order valence-corrected chi connectivity index (χ2v) is 3.22. The van der Waals surface area contributed by atoms with Crippen molar-refractivity contribution in [3.05, 3.63) is 12.7 Å². The number of thioether (sulfide) groups is 1. The summed E-state index contributed by atoms with van der Waals surface area (Å²) in [5, 5.41) is 0. The summed E-state index contributed by atoms with van der Waals surface area (Å²) in [6.45, 7) is 7.71. The minimum absolute atomic E-state index is 0.944. The Morgan fingerprint density at radius 1 is 1.56 bits per heavy atom. The van der Waals surface area contributed by atoms with Gasteiger partial charge in [0.25, 0.3) is 0 Å². The molecule has 0 aromatic heterocycles. The minimum atomic E-state index is 0.944. The lowest BCUT2D eigenvalue weighted by Gasteiger charge is -1.83. The number of hydrogen-bond acceptors (Lipinski definition) is 2. The van der Waals surface area contributed by atoms with Crippen LogP contribution in [0.3, 0.4) is 0 Å². The predicted octanol–water partition coefficient (Wildman–Crippen LogP) is 2.86. The first-order valence-electron chi connectivity index (χ1n) is 3.12. The zero-order valence-corrected chi connectivity index (χ0v) is 7.97. The topological polar surface area (TPSA) is 0 Å². The first-order chi connectivity index (χ1) is 4.33. The molecule has 0 bridgehead atoms. The highest BCUT2D eigenvalue weighted by molar-refractivity contribution is 7.99. The van der Waals surface area contributed by atoms with E-state index >= 15 is 0 Å². The van der Waals surface area contributed by atoms with Crippen LogP contribution in [0.2, 0.25) is 0 Å². The van der Waals surface area contributed by atoms with E-state index in [-0.39, 0.29) is 0 Å². The van der Waals surface area contributed by atoms with Crippen molar-refractivity contribution < 1.29 is 0 Å². The molecule has 0 aliphatic rings. The molecule has 0 atom stereocenters. The summed E-state index contributed by atoms with van der Waals surface area (Å²) in [5.74, 6) is 3.24. The van der Waals surface area contributed by atoms with Crippen molar-refractivity contribution in [2.24, 2.45) is 0 Å². The first kappa shape index (κ1) is 12.1. The van der Waals surface area contributed by atoms with E-state index in [2.05, 4.69) is 26.1 Å². The van der Waals surface area contributed by atoms with Crippen molar-refractivity contribution in [1.82, 2.24) is 0 Å². The van der Waals surface area contributed by atoms with E-state index < -0.39 is 0 Å². The zero-order chi connectivity index (χ0) is 7.54. The molecule has 9 heavy (non-hydrogen) atoms. The van der Waals surface area contributed by atoms with Crippen LogP contribution in [0, 0.1) is 0 Å². The van der Waals surface area contributed by atoms with Crippen LogP contribution in [0.4, 0.5) is 0 Å². The van der Waals surface area contributed by atoms with Gasteiger partial charge < -0.3 is 0 Å². The lowest BCUT2D eigenvalue weighted by Crippen LogP contribution is -1.67. The van der Waals surface area contributed by atoms with Gasteiger partial charge in [0.15, 0.2) is 0 Å². The molecule has 2 heteroatoms. The molecule has 0 heterocycles. The van der Waals surface area contributed by atoms with Crippen LogP contribution in [0.15, 0.2) is 12.7 Å². The van der Waals surface area contributed by atoms with Gasteiger partial charge in [-0.25, -0.2) is 0 Å². The largest absolute Gasteiger partial charge is 0.180 e. The van der Waals surface area contributed by atoms with Crippen LogP contribution < -0.4 is 0 Å². The summed E-state index contributed by atoms with van der Waals surface area (Å²) in [4.78, 5) is 0. The average molecular weight is 164 g/mol. The van der Waals surface area contributed by atoms with E-state index in [0.717, 1.165) is 11.5 Å². The van der Waals surface area contributed by atoms with Gasteiger partial charge in [0.05, 0.1) is 0 Å². The van der Waals surface area contributed by atoms with E-state index in [0.29, 0.717) is 0 Å². The van der Waals surface area contributed by atoms with Crippen LogP contribution in [-0.4, -0.2) is 17.3 Å². The highest BCUT2D eigenvalue weighted by Crippen LogP contribution is 1.95. The van der Waals surface area contributed by atoms with Crippen LogP contribution >= 0.6 is 24.4 Å². The van der Waals surface area contributed by atoms with Crippen molar-refractivity contribution >= 4 is 24.4 Å². The van der Waals surface area contributed by atoms with Crippen LogP contribution in [0.5, 0.6) is 0 Å². The van der Waals surface area contributed by atoms with E-state index in [9.17, 15) is 0 Å². The number of hydrogen-bond donors (Lipinski definition) is 1. The molecule has 0 aromatic rings. The molecule has 0 rings (SSSR count). The molecular weight excluding hydrogens is 148 g/mol. The molecule has 0 aliphatic carbocycles. The predicted molar refractivity (Wildman–Crippen MR) is 52.7 cm³/mol. The fraction of sp³-hybridized carbons (Fsp3) is 0.714. The Labute approximate surface area is 68.5 Å². The third-order valence-electron chi connectivity index (χ3n) is 0.440. The van der Waals surface area contributed by atoms with E-state index in [1.807, 2.05) is 24.8 Å². The molecule has 0 aliphatic heterocycles. The number of thiol groups is 1. The molecule has 0 spiro atoms. The Kier molecular flexibility index (Phi) is 21.3. The fourth-order valence-electron chi connectivity index (χ4n) is 0.201. The van der Waals surface area contributed by atoms with Crippen molar-refractivity contribution in [3.63, 3.8) is 0 Å². The summed E-state index contributed by atoms with van der Waals surface area (Å²) in [7, 11) is 0. The molecule has 0 nitrogen and oxygen atoms in total. The first-order valence-corrected chi connectivity index (χ1v) is 4.91. The molecule has 0 saturated carbocycles. The summed E-state index contributed by atoms with van der Waals surface area (Å²) in [6.07, 6.45) is 1.92. The van der Waals surface area contributed by atoms with Gasteiger partial charge in [0.2, 0.25) is 0 Å². The molecule has 56 valence electrons. The monoisotopic (exact) mass is 164 g/mol. The Morgan fingerprint density at radius 3 is 2.11 bits per heavy atom. The summed E-state index contributed by atoms with van der Waals surface area (Å²) >= 11 is 5.68. The van der Waals surface area contributed by atoms with Gasteiger partial charge in [0, 0.05) is 5.75 Å². The molecule has 0 aromatic carbocycles. The normalized spacial score (nSPS) is 7.44. The van der Waals surface area contributed by atoms with Crippen molar-refractivity contribution in [2.75, 3.05) is 17.3 Å². The lowest BCUT2D eigenvalue weighted by atomic mass is 10.8. The molecule has 0 unspecified atom stereocenters. The maximum Gasteiger partial charge on any atom is 0.0110 e. The smallest absolute Gasteiger partial charge is 0.0110 e. The van der Waals surface area contributed by atoms with Crippen molar-refractivity contribution in [3.8, 4) is 0 Å². The highest BCUT2D eigenvalue weighted by Gasteiger charge is 1.70. The second-order valence-electron chi connectivity index (χ2n) is 1.26. The maximum absolute atomic E-state index is 3.79. The molecule has 0 amide bonds. The van der Waals surface area contributed by atoms with Gasteiger partial charge in [-0.05, 0) is 11.5 Å². The van der Waals surface area contributed by atoms with Crippen LogP contribution in [0.25, 0.3) is 0 Å². The summed E-state index contributed by atoms with van der Waals surface area (Å²) in [6, 6.07) is 0. The number of rotatable bonds is 3. The Bertz CT molecular complexity index is 44.2. The Hall–Kier alpha value is 0.440. The van der Waals surface area contributed by atoms with Gasteiger partial charge in [-0.15, -0.1) is 6.58 Å². The third kappa shape index (κ3) is 29.6. The molecule has 0 N–H and O–H groups in total. The SMILES string of the molecule is C=CCSCC.CCS. The third-order valence-corrected chi connectivity index (χ3v) is 1.32. The van der Waals surface area contributed by atoms with E-state index in [1.54, 1.807) is 0 Å². The summed E-state index contributed by atoms with van der Waals surface area (Å²) < 4.78 is 0. The van der Waals surface area contributed by atoms with Gasteiger partial charge in [-0.2, -0.15) is 24.4 Å². The standard InChI is InChI=1S/C5H10S.C2H6S/c1-3-5-6-4-2;1-2-3/h3H,1,4-5H2,2H3;3H,2H2,1H3. The van der Waals surface area contributed by atoms with Gasteiger partial charge >= 0.3 is 0 Å². The lowest BCUT2D eigenvalue weighted by molar-refractivity contribution is 1.52. The van der Waals surface area contributed by atoms with Crippen molar-refractivity contribution in [1.29, 1.82) is 0 Å². The van der Waals surface area contributed by atoms with E-state index in [4.69, 9.17) is 0 Å². The van der Waals surface area contributed by atoms with Crippen LogP contribution in [0.1, 0.15) is 13.8 Å². The molecule has 0 saturated heterocycles. The maximum atomic E-state index is 3.79. The van der Waals surface area contributed by atoms with Crippen LogP contribution in [-0.2, 0) is 0 Å².